The van der Waals surface area contributed by atoms with Crippen molar-refractivity contribution in [2.45, 2.75) is 85.0 Å². The van der Waals surface area contributed by atoms with E-state index in [0.717, 1.165) is 5.56 Å². The fourth-order valence-corrected chi connectivity index (χ4v) is 4.00. The third-order valence-corrected chi connectivity index (χ3v) is 6.27. The summed E-state index contributed by atoms with van der Waals surface area (Å²) in [6.45, 7) is 14.4. The molecule has 196 valence electrons. The van der Waals surface area contributed by atoms with Crippen LogP contribution in [0.3, 0.4) is 0 Å². The summed E-state index contributed by atoms with van der Waals surface area (Å²) < 4.78 is 5.33. The zero-order chi connectivity index (χ0) is 27.3. The minimum absolute atomic E-state index is 0.405. The summed E-state index contributed by atoms with van der Waals surface area (Å²) in [5, 5.41) is 5.97. The molecule has 0 bridgehead atoms. The average Bonchev–Trinajstić information content (AvgIpc) is 2.78. The molecule has 0 spiro atoms. The number of amides is 3. The molecule has 0 saturated carbocycles. The second kappa shape index (κ2) is 11.8. The van der Waals surface area contributed by atoms with Gasteiger partial charge < -0.3 is 20.3 Å². The predicted molar refractivity (Wildman–Crippen MR) is 144 cm³/mol. The highest BCUT2D eigenvalue weighted by Gasteiger charge is 2.42. The first-order valence-corrected chi connectivity index (χ1v) is 12.5. The van der Waals surface area contributed by atoms with E-state index in [2.05, 4.69) is 10.6 Å². The summed E-state index contributed by atoms with van der Waals surface area (Å²) in [4.78, 5) is 41.7. The quantitative estimate of drug-likeness (QED) is 0.434. The van der Waals surface area contributed by atoms with E-state index in [0.29, 0.717) is 22.7 Å². The number of para-hydroxylation sites is 1. The fourth-order valence-electron chi connectivity index (χ4n) is 3.73. The van der Waals surface area contributed by atoms with Crippen molar-refractivity contribution in [1.29, 1.82) is 0 Å². The minimum Gasteiger partial charge on any atom is -0.444 e. The molecule has 36 heavy (non-hydrogen) atoms. The van der Waals surface area contributed by atoms with Gasteiger partial charge in [0.1, 0.15) is 17.7 Å². The fraction of sp³-hybridized carbons (Fsp3) is 0.464. The zero-order valence-corrected chi connectivity index (χ0v) is 23.2. The highest BCUT2D eigenvalue weighted by molar-refractivity contribution is 6.34. The van der Waals surface area contributed by atoms with Gasteiger partial charge in [0.25, 0.3) is 5.91 Å². The Bertz CT molecular complexity index is 1060. The van der Waals surface area contributed by atoms with E-state index >= 15 is 0 Å². The van der Waals surface area contributed by atoms with Gasteiger partial charge in [-0.2, -0.15) is 0 Å². The van der Waals surface area contributed by atoms with Gasteiger partial charge >= 0.3 is 6.09 Å². The molecule has 2 N–H and O–H groups in total. The Morgan fingerprint density at radius 2 is 1.61 bits per heavy atom. The Balaban J connectivity index is 2.53. The molecule has 2 atom stereocenters. The summed E-state index contributed by atoms with van der Waals surface area (Å²) in [7, 11) is 0. The molecule has 2 rings (SSSR count). The molecule has 2 unspecified atom stereocenters. The van der Waals surface area contributed by atoms with E-state index in [1.165, 1.54) is 0 Å². The molecule has 7 nitrogen and oxygen atoms in total. The van der Waals surface area contributed by atoms with Gasteiger partial charge in [-0.05, 0) is 72.1 Å². The van der Waals surface area contributed by atoms with Crippen molar-refractivity contribution in [3.05, 3.63) is 64.7 Å². The van der Waals surface area contributed by atoms with Crippen LogP contribution in [0.25, 0.3) is 0 Å². The second-order valence-corrected chi connectivity index (χ2v) is 10.9. The number of nitrogens with one attached hydrogen (secondary N) is 2. The standard InChI is InChI=1S/C28H38ClN3O4/c1-9-28(7,8)32(25(34)19(3)30-26(35)36-27(4,5)6)23(20-15-11-10-12-16-20)24(33)31-22-18(2)14-13-17-21(22)29/h10-17,19,23H,9H2,1-8H3,(H,30,35)(H,31,33). The number of hydrogen-bond donors (Lipinski definition) is 2. The third kappa shape index (κ3) is 7.47. The lowest BCUT2D eigenvalue weighted by Crippen LogP contribution is -2.58. The first-order chi connectivity index (χ1) is 16.7. The number of alkyl carbamates (subject to hydrolysis) is 1. The topological polar surface area (TPSA) is 87.7 Å². The highest BCUT2D eigenvalue weighted by Crippen LogP contribution is 2.34. The van der Waals surface area contributed by atoms with Gasteiger partial charge in [-0.3, -0.25) is 9.59 Å². The maximum atomic E-state index is 13.9. The van der Waals surface area contributed by atoms with Gasteiger partial charge in [0.2, 0.25) is 5.91 Å². The molecule has 8 heteroatoms. The number of aryl methyl sites for hydroxylation is 1. The van der Waals surface area contributed by atoms with Crippen LogP contribution < -0.4 is 10.6 Å². The first kappa shape index (κ1) is 29.2. The van der Waals surface area contributed by atoms with Crippen LogP contribution in [-0.4, -0.2) is 40.0 Å². The van der Waals surface area contributed by atoms with Crippen molar-refractivity contribution in [3.8, 4) is 0 Å². The van der Waals surface area contributed by atoms with Crippen molar-refractivity contribution in [3.63, 3.8) is 0 Å². The Labute approximate surface area is 219 Å². The molecule has 3 amide bonds. The maximum absolute atomic E-state index is 13.9. The molecule has 0 aliphatic heterocycles. The molecular formula is C28H38ClN3O4. The van der Waals surface area contributed by atoms with Gasteiger partial charge in [0.15, 0.2) is 0 Å². The number of anilines is 1. The van der Waals surface area contributed by atoms with E-state index in [1.807, 2.05) is 70.2 Å². The zero-order valence-electron chi connectivity index (χ0n) is 22.4. The monoisotopic (exact) mass is 515 g/mol. The lowest BCUT2D eigenvalue weighted by Gasteiger charge is -2.44. The lowest BCUT2D eigenvalue weighted by atomic mass is 9.92. The number of carbonyl (C=O) groups excluding carboxylic acids is 3. The molecule has 2 aromatic rings. The van der Waals surface area contributed by atoms with E-state index in [-0.39, 0.29) is 0 Å². The number of hydrogen-bond acceptors (Lipinski definition) is 4. The summed E-state index contributed by atoms with van der Waals surface area (Å²) in [6, 6.07) is 12.5. The summed E-state index contributed by atoms with van der Waals surface area (Å²) in [6.07, 6.45) is -0.135. The second-order valence-electron chi connectivity index (χ2n) is 10.5. The molecular weight excluding hydrogens is 478 g/mol. The van der Waals surface area contributed by atoms with Crippen molar-refractivity contribution in [1.82, 2.24) is 10.2 Å². The number of benzene rings is 2. The van der Waals surface area contributed by atoms with Crippen molar-refractivity contribution in [2.24, 2.45) is 0 Å². The van der Waals surface area contributed by atoms with E-state index in [1.54, 1.807) is 38.7 Å². The van der Waals surface area contributed by atoms with Crippen LogP contribution in [-0.2, 0) is 14.3 Å². The highest BCUT2D eigenvalue weighted by atomic mass is 35.5. The number of carbonyl (C=O) groups is 3. The van der Waals surface area contributed by atoms with Crippen LogP contribution in [0.4, 0.5) is 10.5 Å². The predicted octanol–water partition coefficient (Wildman–Crippen LogP) is 6.26. The van der Waals surface area contributed by atoms with Crippen molar-refractivity contribution >= 4 is 35.2 Å². The van der Waals surface area contributed by atoms with Crippen LogP contribution in [0.5, 0.6) is 0 Å². The lowest BCUT2D eigenvalue weighted by molar-refractivity contribution is -0.147. The van der Waals surface area contributed by atoms with E-state index < -0.39 is 41.1 Å². The molecule has 0 heterocycles. The molecule has 0 aromatic heterocycles. The van der Waals surface area contributed by atoms with Crippen molar-refractivity contribution < 1.29 is 19.1 Å². The van der Waals surface area contributed by atoms with Gasteiger partial charge in [0, 0.05) is 5.54 Å². The van der Waals surface area contributed by atoms with Crippen LogP contribution in [0.2, 0.25) is 5.02 Å². The first-order valence-electron chi connectivity index (χ1n) is 12.1. The van der Waals surface area contributed by atoms with Gasteiger partial charge in [-0.15, -0.1) is 0 Å². The van der Waals surface area contributed by atoms with E-state index in [4.69, 9.17) is 16.3 Å². The normalized spacial score (nSPS) is 13.4. The van der Waals surface area contributed by atoms with Crippen LogP contribution in [0.1, 0.15) is 72.1 Å². The Hall–Kier alpha value is -3.06. The third-order valence-electron chi connectivity index (χ3n) is 5.95. The Kier molecular flexibility index (Phi) is 9.55. The number of halogens is 1. The van der Waals surface area contributed by atoms with E-state index in [9.17, 15) is 14.4 Å². The molecule has 0 aliphatic carbocycles. The molecule has 2 aromatic carbocycles. The van der Waals surface area contributed by atoms with Crippen LogP contribution in [0.15, 0.2) is 48.5 Å². The van der Waals surface area contributed by atoms with Gasteiger partial charge in [-0.1, -0.05) is 61.0 Å². The molecule has 0 saturated heterocycles. The Morgan fingerprint density at radius 3 is 2.14 bits per heavy atom. The van der Waals surface area contributed by atoms with Crippen molar-refractivity contribution in [2.75, 3.05) is 5.32 Å². The number of nitrogens with zero attached hydrogens (tertiary/aromatic N) is 1. The summed E-state index contributed by atoms with van der Waals surface area (Å²) in [5.74, 6) is -0.815. The van der Waals surface area contributed by atoms with Gasteiger partial charge in [0.05, 0.1) is 10.7 Å². The molecule has 0 fully saturated rings. The molecule has 0 radical (unpaired) electrons. The minimum atomic E-state index is -0.979. The number of rotatable bonds is 8. The smallest absolute Gasteiger partial charge is 0.408 e. The summed E-state index contributed by atoms with van der Waals surface area (Å²) in [5.41, 5.74) is 0.490. The maximum Gasteiger partial charge on any atom is 0.408 e. The largest absolute Gasteiger partial charge is 0.444 e. The average molecular weight is 516 g/mol. The van der Waals surface area contributed by atoms with Gasteiger partial charge in [-0.25, -0.2) is 4.79 Å². The van der Waals surface area contributed by atoms with Crippen LogP contribution in [0, 0.1) is 6.92 Å². The molecule has 0 aliphatic rings. The number of ether oxygens (including phenoxy) is 1. The SMILES string of the molecule is CCC(C)(C)N(C(=O)C(C)NC(=O)OC(C)(C)C)C(C(=O)Nc1c(C)cccc1Cl)c1ccccc1. The Morgan fingerprint density at radius 1 is 1.00 bits per heavy atom. The van der Waals surface area contributed by atoms with Crippen LogP contribution >= 0.6 is 11.6 Å². The summed E-state index contributed by atoms with van der Waals surface area (Å²) >= 11 is 6.39.